The molecule has 0 saturated heterocycles. The maximum Gasteiger partial charge on any atom is 4.00 e. The Bertz CT molecular complexity index is 599. The van der Waals surface area contributed by atoms with E-state index in [4.69, 9.17) is 0 Å². The van der Waals surface area contributed by atoms with E-state index in [9.17, 15) is 0 Å². The van der Waals surface area contributed by atoms with E-state index in [1.54, 1.807) is 0 Å². The van der Waals surface area contributed by atoms with Crippen LogP contribution in [0.3, 0.4) is 0 Å². The molecule has 0 spiro atoms. The summed E-state index contributed by atoms with van der Waals surface area (Å²) >= 11 is 0. The topological polar surface area (TPSA) is 0 Å². The predicted molar refractivity (Wildman–Crippen MR) is 91.7 cm³/mol. The SMILES string of the molecule is Cc1cccc(C(C)(C)C2=[C-]C([Si](C)(C)C)=CC2)c1C.[Cl-].[Cl-].[Cl-].[Ti+4]. The van der Waals surface area contributed by atoms with E-state index in [2.05, 4.69) is 77.7 Å². The van der Waals surface area contributed by atoms with Gasteiger partial charge in [0.05, 0.1) is 0 Å². The van der Waals surface area contributed by atoms with Gasteiger partial charge in [-0.3, -0.25) is 6.08 Å². The summed E-state index contributed by atoms with van der Waals surface area (Å²) in [6, 6.07) is 6.67. The molecule has 0 amide bonds. The van der Waals surface area contributed by atoms with Gasteiger partial charge in [-0.1, -0.05) is 58.1 Å². The number of hydrogen-bond acceptors (Lipinski definition) is 0. The number of allylic oxidation sites excluding steroid dienone is 4. The van der Waals surface area contributed by atoms with Gasteiger partial charge in [-0.15, -0.1) is 0 Å². The second kappa shape index (κ2) is 10.6. The van der Waals surface area contributed by atoms with E-state index in [0.29, 0.717) is 0 Å². The van der Waals surface area contributed by atoms with Crippen LogP contribution in [0.4, 0.5) is 0 Å². The van der Waals surface area contributed by atoms with Crippen molar-refractivity contribution in [1.82, 2.24) is 0 Å². The molecule has 1 aromatic carbocycles. The van der Waals surface area contributed by atoms with Gasteiger partial charge in [0.2, 0.25) is 0 Å². The normalized spacial score (nSPS) is 13.5. The summed E-state index contributed by atoms with van der Waals surface area (Å²) in [6.45, 7) is 16.3. The Morgan fingerprint density at radius 3 is 2.00 bits per heavy atom. The second-order valence-corrected chi connectivity index (χ2v) is 12.6. The van der Waals surface area contributed by atoms with E-state index in [0.717, 1.165) is 6.42 Å². The fourth-order valence-corrected chi connectivity index (χ4v) is 4.20. The third-order valence-electron chi connectivity index (χ3n) is 4.64. The van der Waals surface area contributed by atoms with Gasteiger partial charge < -0.3 is 37.2 Å². The molecule has 0 radical (unpaired) electrons. The molecule has 0 nitrogen and oxygen atoms in total. The largest absolute Gasteiger partial charge is 4.00 e. The number of halogens is 3. The zero-order chi connectivity index (χ0) is 15.1. The number of aryl methyl sites for hydroxylation is 1. The van der Waals surface area contributed by atoms with Gasteiger partial charge in [0, 0.05) is 8.07 Å². The fraction of sp³-hybridized carbons (Fsp3) is 0.474. The average Bonchev–Trinajstić information content (AvgIpc) is 2.82. The Kier molecular flexibility index (Phi) is 12.9. The van der Waals surface area contributed by atoms with Crippen molar-refractivity contribution in [3.8, 4) is 0 Å². The molecular weight excluding hydrogens is 411 g/mol. The standard InChI is InChI=1S/C19H27Si.3ClH.Ti/c1-14-9-8-10-18(15(14)2)19(3,4)16-11-12-17(13-16)20(5,6)7;;;;/h8-10,12H,11H2,1-7H3;3*1H;/q-1;;;;+4/p-3. The van der Waals surface area contributed by atoms with Crippen LogP contribution >= 0.6 is 0 Å². The van der Waals surface area contributed by atoms with E-state index in [1.165, 1.54) is 27.5 Å². The summed E-state index contributed by atoms with van der Waals surface area (Å²) in [6.07, 6.45) is 7.24. The van der Waals surface area contributed by atoms with Crippen LogP contribution in [0.2, 0.25) is 19.6 Å². The minimum Gasteiger partial charge on any atom is -1.00 e. The molecule has 0 atom stereocenters. The second-order valence-electron chi connectivity index (χ2n) is 7.55. The molecule has 0 aromatic heterocycles. The molecule has 0 heterocycles. The van der Waals surface area contributed by atoms with Crippen molar-refractivity contribution in [3.05, 3.63) is 57.8 Å². The van der Waals surface area contributed by atoms with Gasteiger partial charge in [0.1, 0.15) is 0 Å². The number of benzene rings is 1. The molecular formula is C19H27Cl3SiTi. The molecule has 0 unspecified atom stereocenters. The monoisotopic (exact) mass is 436 g/mol. The maximum atomic E-state index is 3.76. The minimum absolute atomic E-state index is 0. The first-order valence-electron chi connectivity index (χ1n) is 7.54. The molecule has 0 bridgehead atoms. The quantitative estimate of drug-likeness (QED) is 0.341. The maximum absolute atomic E-state index is 3.76. The summed E-state index contributed by atoms with van der Waals surface area (Å²) in [5.41, 5.74) is 5.78. The molecule has 1 aromatic rings. The van der Waals surface area contributed by atoms with Crippen molar-refractivity contribution in [2.75, 3.05) is 0 Å². The van der Waals surface area contributed by atoms with Crippen LogP contribution < -0.4 is 37.2 Å². The van der Waals surface area contributed by atoms with Crippen molar-refractivity contribution in [3.63, 3.8) is 0 Å². The van der Waals surface area contributed by atoms with Gasteiger partial charge in [0.25, 0.3) is 0 Å². The third-order valence-corrected chi connectivity index (χ3v) is 6.58. The van der Waals surface area contributed by atoms with E-state index < -0.39 is 8.07 Å². The zero-order valence-electron chi connectivity index (χ0n) is 15.7. The van der Waals surface area contributed by atoms with Crippen LogP contribution in [0.25, 0.3) is 0 Å². The molecule has 2 rings (SSSR count). The molecule has 0 aliphatic heterocycles. The summed E-state index contributed by atoms with van der Waals surface area (Å²) in [4.78, 5) is 0. The van der Waals surface area contributed by atoms with E-state index >= 15 is 0 Å². The van der Waals surface area contributed by atoms with Crippen LogP contribution in [-0.2, 0) is 27.1 Å². The van der Waals surface area contributed by atoms with Crippen LogP contribution in [0.5, 0.6) is 0 Å². The summed E-state index contributed by atoms with van der Waals surface area (Å²) < 4.78 is 0. The first-order valence-corrected chi connectivity index (χ1v) is 11.0. The number of rotatable bonds is 3. The Labute approximate surface area is 183 Å². The van der Waals surface area contributed by atoms with E-state index in [1.807, 2.05) is 0 Å². The first-order chi connectivity index (χ1) is 9.14. The van der Waals surface area contributed by atoms with Crippen molar-refractivity contribution in [2.24, 2.45) is 0 Å². The van der Waals surface area contributed by atoms with Gasteiger partial charge in [-0.25, -0.2) is 11.3 Å². The Balaban J connectivity index is -0.00000110. The summed E-state index contributed by atoms with van der Waals surface area (Å²) in [5, 5.41) is 1.49. The van der Waals surface area contributed by atoms with Gasteiger partial charge >= 0.3 is 21.7 Å². The van der Waals surface area contributed by atoms with E-state index in [-0.39, 0.29) is 64.4 Å². The predicted octanol–water partition coefficient (Wildman–Crippen LogP) is -3.47. The Morgan fingerprint density at radius 2 is 1.54 bits per heavy atom. The van der Waals surface area contributed by atoms with Crippen molar-refractivity contribution < 1.29 is 58.9 Å². The zero-order valence-corrected chi connectivity index (χ0v) is 20.5. The van der Waals surface area contributed by atoms with Gasteiger partial charge in [-0.05, 0) is 36.0 Å². The molecule has 0 N–H and O–H groups in total. The van der Waals surface area contributed by atoms with Crippen molar-refractivity contribution in [1.29, 1.82) is 0 Å². The van der Waals surface area contributed by atoms with Crippen molar-refractivity contribution in [2.45, 2.75) is 59.2 Å². The first kappa shape index (κ1) is 29.3. The number of hydrogen-bond donors (Lipinski definition) is 0. The molecule has 0 saturated carbocycles. The fourth-order valence-electron chi connectivity index (χ4n) is 2.96. The van der Waals surface area contributed by atoms with Crippen LogP contribution in [0.15, 0.2) is 35.0 Å². The van der Waals surface area contributed by atoms with Crippen LogP contribution in [-0.4, -0.2) is 8.07 Å². The molecule has 132 valence electrons. The average molecular weight is 438 g/mol. The third kappa shape index (κ3) is 6.04. The molecule has 24 heavy (non-hydrogen) atoms. The Morgan fingerprint density at radius 1 is 1.00 bits per heavy atom. The van der Waals surface area contributed by atoms with Gasteiger partial charge in [-0.2, -0.15) is 5.57 Å². The molecule has 1 aliphatic carbocycles. The molecule has 0 fully saturated rings. The van der Waals surface area contributed by atoms with Gasteiger partial charge in [0.15, 0.2) is 0 Å². The molecule has 1 aliphatic rings. The van der Waals surface area contributed by atoms with Crippen LogP contribution in [0, 0.1) is 19.9 Å². The Hall–Kier alpha value is 0.501. The minimum atomic E-state index is -1.24. The van der Waals surface area contributed by atoms with Crippen LogP contribution in [0.1, 0.15) is 37.0 Å². The molecule has 5 heteroatoms. The summed E-state index contributed by atoms with van der Waals surface area (Å²) in [7, 11) is -1.24. The summed E-state index contributed by atoms with van der Waals surface area (Å²) in [5.74, 6) is 0. The smallest absolute Gasteiger partial charge is 1.00 e. The van der Waals surface area contributed by atoms with Crippen molar-refractivity contribution >= 4 is 8.07 Å².